The molecule has 0 atom stereocenters. The van der Waals surface area contributed by atoms with Gasteiger partial charge in [-0.05, 0) is 61.4 Å². The van der Waals surface area contributed by atoms with Crippen LogP contribution in [0, 0.1) is 0 Å². The molecular formula is C32H30N4. The summed E-state index contributed by atoms with van der Waals surface area (Å²) in [5, 5.41) is 0. The van der Waals surface area contributed by atoms with Gasteiger partial charge in [-0.2, -0.15) is 0 Å². The molecule has 2 aromatic heterocycles. The Morgan fingerprint density at radius 2 is 0.806 bits per heavy atom. The predicted molar refractivity (Wildman–Crippen MR) is 148 cm³/mol. The third-order valence-electron chi connectivity index (χ3n) is 6.84. The van der Waals surface area contributed by atoms with Crippen molar-refractivity contribution in [2.75, 3.05) is 0 Å². The summed E-state index contributed by atoms with van der Waals surface area (Å²) in [5.74, 6) is 2.29. The van der Waals surface area contributed by atoms with Gasteiger partial charge in [0.05, 0.1) is 22.1 Å². The fourth-order valence-electron chi connectivity index (χ4n) is 5.14. The molecule has 4 aromatic carbocycles. The summed E-state index contributed by atoms with van der Waals surface area (Å²) in [6.07, 6.45) is 6.59. The lowest BCUT2D eigenvalue weighted by Gasteiger charge is -2.10. The second-order valence-electron chi connectivity index (χ2n) is 9.29. The Morgan fingerprint density at radius 1 is 0.417 bits per heavy atom. The zero-order valence-corrected chi connectivity index (χ0v) is 20.4. The van der Waals surface area contributed by atoms with Gasteiger partial charge in [0.2, 0.25) is 0 Å². The van der Waals surface area contributed by atoms with E-state index in [2.05, 4.69) is 118 Å². The van der Waals surface area contributed by atoms with Gasteiger partial charge in [-0.25, -0.2) is 9.97 Å². The standard InChI is InChI=1S/C32H30N4/c1(9-23-31-33-27-19-11-13-21-29(27)35(31)25-15-5-3-6-16-25)2-10-24-32-34-28-20-12-14-22-30(28)36(32)26-17-7-4-8-18-26/h3-8,11-22H,1-2,9-10,23-24H2. The van der Waals surface area contributed by atoms with Gasteiger partial charge in [0.1, 0.15) is 11.6 Å². The van der Waals surface area contributed by atoms with E-state index in [1.807, 2.05) is 0 Å². The van der Waals surface area contributed by atoms with Crippen molar-refractivity contribution in [3.63, 3.8) is 0 Å². The number of hydrogen-bond acceptors (Lipinski definition) is 2. The molecule has 0 aliphatic heterocycles. The van der Waals surface area contributed by atoms with E-state index >= 15 is 0 Å². The van der Waals surface area contributed by atoms with Gasteiger partial charge < -0.3 is 0 Å². The summed E-state index contributed by atoms with van der Waals surface area (Å²) in [4.78, 5) is 9.95. The van der Waals surface area contributed by atoms with Crippen LogP contribution in [0.4, 0.5) is 0 Å². The van der Waals surface area contributed by atoms with Crippen LogP contribution in [-0.2, 0) is 12.8 Å². The molecule has 36 heavy (non-hydrogen) atoms. The number of rotatable bonds is 9. The first-order valence-electron chi connectivity index (χ1n) is 12.9. The Kier molecular flexibility index (Phi) is 6.32. The lowest BCUT2D eigenvalue weighted by atomic mass is 10.1. The zero-order chi connectivity index (χ0) is 24.2. The minimum atomic E-state index is 0.978. The number of benzene rings is 4. The minimum absolute atomic E-state index is 0.978. The van der Waals surface area contributed by atoms with Gasteiger partial charge in [-0.3, -0.25) is 9.13 Å². The van der Waals surface area contributed by atoms with E-state index in [1.54, 1.807) is 0 Å². The first kappa shape index (κ1) is 22.3. The van der Waals surface area contributed by atoms with Crippen LogP contribution < -0.4 is 0 Å². The van der Waals surface area contributed by atoms with E-state index in [9.17, 15) is 0 Å². The maximum absolute atomic E-state index is 4.97. The van der Waals surface area contributed by atoms with Crippen LogP contribution in [0.3, 0.4) is 0 Å². The highest BCUT2D eigenvalue weighted by atomic mass is 15.1. The second-order valence-corrected chi connectivity index (χ2v) is 9.29. The van der Waals surface area contributed by atoms with Crippen molar-refractivity contribution in [2.24, 2.45) is 0 Å². The molecule has 0 saturated heterocycles. The summed E-state index contributed by atoms with van der Waals surface area (Å²) in [7, 11) is 0. The smallest absolute Gasteiger partial charge is 0.114 e. The van der Waals surface area contributed by atoms with Crippen molar-refractivity contribution < 1.29 is 0 Å². The number of aromatic nitrogens is 4. The normalized spacial score (nSPS) is 11.4. The molecule has 0 unspecified atom stereocenters. The molecule has 178 valence electrons. The summed E-state index contributed by atoms with van der Waals surface area (Å²) in [6, 6.07) is 38.0. The van der Waals surface area contributed by atoms with E-state index in [0.717, 1.165) is 48.4 Å². The predicted octanol–water partition coefficient (Wildman–Crippen LogP) is 7.71. The third kappa shape index (κ3) is 4.42. The number of fused-ring (bicyclic) bond motifs is 2. The molecule has 4 heteroatoms. The third-order valence-corrected chi connectivity index (χ3v) is 6.84. The SMILES string of the molecule is c1ccc(-n2c(CCCCCCc3nc4ccccc4n3-c3ccccc3)nc3ccccc32)cc1. The van der Waals surface area contributed by atoms with E-state index in [1.165, 1.54) is 35.2 Å². The van der Waals surface area contributed by atoms with Crippen LogP contribution in [0.5, 0.6) is 0 Å². The van der Waals surface area contributed by atoms with Crippen molar-refractivity contribution >= 4 is 22.1 Å². The maximum atomic E-state index is 4.97. The van der Waals surface area contributed by atoms with E-state index in [0.29, 0.717) is 0 Å². The Bertz CT molecular complexity index is 1460. The minimum Gasteiger partial charge on any atom is -0.296 e. The highest BCUT2D eigenvalue weighted by molar-refractivity contribution is 5.79. The van der Waals surface area contributed by atoms with Crippen LogP contribution in [0.1, 0.15) is 37.3 Å². The summed E-state index contributed by atoms with van der Waals surface area (Å²) in [5.41, 5.74) is 6.85. The molecule has 0 aliphatic carbocycles. The van der Waals surface area contributed by atoms with Crippen LogP contribution in [0.25, 0.3) is 33.4 Å². The lowest BCUT2D eigenvalue weighted by Crippen LogP contribution is -2.02. The fourth-order valence-corrected chi connectivity index (χ4v) is 5.14. The zero-order valence-electron chi connectivity index (χ0n) is 20.4. The van der Waals surface area contributed by atoms with Gasteiger partial charge >= 0.3 is 0 Å². The molecule has 6 aromatic rings. The van der Waals surface area contributed by atoms with Gasteiger partial charge in [0, 0.05) is 24.2 Å². The molecule has 2 heterocycles. The lowest BCUT2D eigenvalue weighted by molar-refractivity contribution is 0.617. The van der Waals surface area contributed by atoms with E-state index in [-0.39, 0.29) is 0 Å². The average Bonchev–Trinajstić information content (AvgIpc) is 3.49. The number of nitrogens with zero attached hydrogens (tertiary/aromatic N) is 4. The highest BCUT2D eigenvalue weighted by Crippen LogP contribution is 2.24. The molecule has 0 spiro atoms. The molecule has 0 amide bonds. The van der Waals surface area contributed by atoms with Crippen molar-refractivity contribution in [1.82, 2.24) is 19.1 Å². The number of imidazole rings is 2. The monoisotopic (exact) mass is 470 g/mol. The molecule has 0 saturated carbocycles. The van der Waals surface area contributed by atoms with Crippen LogP contribution in [-0.4, -0.2) is 19.1 Å². The summed E-state index contributed by atoms with van der Waals surface area (Å²) >= 11 is 0. The average molecular weight is 471 g/mol. The highest BCUT2D eigenvalue weighted by Gasteiger charge is 2.13. The van der Waals surface area contributed by atoms with Gasteiger partial charge in [0.15, 0.2) is 0 Å². The van der Waals surface area contributed by atoms with Gasteiger partial charge in [-0.15, -0.1) is 0 Å². The molecule has 0 N–H and O–H groups in total. The van der Waals surface area contributed by atoms with Crippen LogP contribution in [0.15, 0.2) is 109 Å². The molecule has 0 radical (unpaired) electrons. The summed E-state index contributed by atoms with van der Waals surface area (Å²) < 4.78 is 4.63. The first-order valence-corrected chi connectivity index (χ1v) is 12.9. The maximum Gasteiger partial charge on any atom is 0.114 e. The van der Waals surface area contributed by atoms with Gasteiger partial charge in [0.25, 0.3) is 0 Å². The van der Waals surface area contributed by atoms with E-state index < -0.39 is 0 Å². The van der Waals surface area contributed by atoms with Crippen molar-refractivity contribution in [3.05, 3.63) is 121 Å². The van der Waals surface area contributed by atoms with Crippen LogP contribution in [0.2, 0.25) is 0 Å². The van der Waals surface area contributed by atoms with Crippen molar-refractivity contribution in [2.45, 2.75) is 38.5 Å². The fraction of sp³-hybridized carbons (Fsp3) is 0.188. The van der Waals surface area contributed by atoms with Crippen molar-refractivity contribution in [3.8, 4) is 11.4 Å². The van der Waals surface area contributed by atoms with Crippen molar-refractivity contribution in [1.29, 1.82) is 0 Å². The van der Waals surface area contributed by atoms with Crippen LogP contribution >= 0.6 is 0 Å². The Hall–Kier alpha value is -4.18. The Labute approximate surface area is 211 Å². The Morgan fingerprint density at radius 3 is 1.25 bits per heavy atom. The topological polar surface area (TPSA) is 35.6 Å². The second kappa shape index (κ2) is 10.2. The number of unbranched alkanes of at least 4 members (excludes halogenated alkanes) is 3. The Balaban J connectivity index is 1.12. The van der Waals surface area contributed by atoms with Gasteiger partial charge in [-0.1, -0.05) is 73.5 Å². The molecule has 0 fully saturated rings. The molecule has 0 aliphatic rings. The molecule has 0 bridgehead atoms. The number of para-hydroxylation sites is 6. The molecule has 6 rings (SSSR count). The molecular weight excluding hydrogens is 440 g/mol. The molecule has 4 nitrogen and oxygen atoms in total. The first-order chi connectivity index (χ1) is 17.9. The largest absolute Gasteiger partial charge is 0.296 e. The van der Waals surface area contributed by atoms with E-state index in [4.69, 9.17) is 9.97 Å². The number of aryl methyl sites for hydroxylation is 2. The number of hydrogen-bond donors (Lipinski definition) is 0. The quantitative estimate of drug-likeness (QED) is 0.203. The summed E-state index contributed by atoms with van der Waals surface area (Å²) in [6.45, 7) is 0.